The lowest BCUT2D eigenvalue weighted by molar-refractivity contribution is 0.139. The second-order valence-electron chi connectivity index (χ2n) is 6.90. The Labute approximate surface area is 124 Å². The summed E-state index contributed by atoms with van der Waals surface area (Å²) < 4.78 is 0. The second-order valence-corrected chi connectivity index (χ2v) is 6.90. The highest BCUT2D eigenvalue weighted by molar-refractivity contribution is 5.22. The summed E-state index contributed by atoms with van der Waals surface area (Å²) in [6.45, 7) is 11.3. The van der Waals surface area contributed by atoms with Crippen LogP contribution < -0.4 is 0 Å². The lowest BCUT2D eigenvalue weighted by Crippen LogP contribution is -2.42. The highest BCUT2D eigenvalue weighted by Crippen LogP contribution is 2.24. The molecule has 0 amide bonds. The van der Waals surface area contributed by atoms with E-state index in [9.17, 15) is 0 Å². The number of benzene rings is 1. The van der Waals surface area contributed by atoms with Crippen LogP contribution in [0, 0.1) is 5.92 Å². The predicted molar refractivity (Wildman–Crippen MR) is 87.6 cm³/mol. The number of nitrogens with zero attached hydrogens (tertiary/aromatic N) is 1. The van der Waals surface area contributed by atoms with Gasteiger partial charge in [0.15, 0.2) is 0 Å². The Bertz CT molecular complexity index is 476. The lowest BCUT2D eigenvalue weighted by Gasteiger charge is -2.37. The van der Waals surface area contributed by atoms with Crippen molar-refractivity contribution in [3.63, 3.8) is 0 Å². The zero-order chi connectivity index (χ0) is 14.6. The molecule has 0 fully saturated rings. The first kappa shape index (κ1) is 15.1. The van der Waals surface area contributed by atoms with E-state index >= 15 is 0 Å². The number of hydrogen-bond acceptors (Lipinski definition) is 1. The predicted octanol–water partition coefficient (Wildman–Crippen LogP) is 4.81. The van der Waals surface area contributed by atoms with E-state index in [1.807, 2.05) is 0 Å². The quantitative estimate of drug-likeness (QED) is 0.758. The third-order valence-electron chi connectivity index (χ3n) is 3.91. The van der Waals surface area contributed by atoms with Crippen molar-refractivity contribution in [3.05, 3.63) is 59.7 Å². The molecule has 1 aromatic rings. The average molecular weight is 269 g/mol. The second kappa shape index (κ2) is 6.41. The average Bonchev–Trinajstić information content (AvgIpc) is 2.38. The molecule has 0 bridgehead atoms. The molecule has 1 atom stereocenters. The Balaban J connectivity index is 2.09. The highest BCUT2D eigenvalue weighted by atomic mass is 15.2. The van der Waals surface area contributed by atoms with E-state index in [2.05, 4.69) is 81.2 Å². The van der Waals surface area contributed by atoms with E-state index < -0.39 is 0 Å². The molecule has 1 heteroatoms. The van der Waals surface area contributed by atoms with E-state index in [0.29, 0.717) is 5.92 Å². The molecule has 0 N–H and O–H groups in total. The zero-order valence-corrected chi connectivity index (χ0v) is 13.3. The first-order valence-corrected chi connectivity index (χ1v) is 7.60. The summed E-state index contributed by atoms with van der Waals surface area (Å²) in [7, 11) is 0. The maximum Gasteiger partial charge on any atom is 0.0242 e. The molecule has 20 heavy (non-hydrogen) atoms. The van der Waals surface area contributed by atoms with E-state index in [4.69, 9.17) is 0 Å². The van der Waals surface area contributed by atoms with Crippen molar-refractivity contribution in [1.82, 2.24) is 4.90 Å². The molecule has 0 aromatic heterocycles. The van der Waals surface area contributed by atoms with Gasteiger partial charge in [0.2, 0.25) is 0 Å². The van der Waals surface area contributed by atoms with Gasteiger partial charge in [-0.2, -0.15) is 0 Å². The Morgan fingerprint density at radius 3 is 2.40 bits per heavy atom. The largest absolute Gasteiger partial charge is 0.290 e. The molecule has 0 heterocycles. The van der Waals surface area contributed by atoms with Crippen LogP contribution in [0.3, 0.4) is 0 Å². The van der Waals surface area contributed by atoms with Gasteiger partial charge in [0.25, 0.3) is 0 Å². The number of rotatable bonds is 4. The standard InChI is InChI=1S/C19H27N/c1-16-9-8-12-18(13-16)15-20(19(2,3)4)14-17-10-6-5-7-11-17/h5-12,16H,13-15H2,1-4H3. The maximum atomic E-state index is 2.57. The fourth-order valence-electron chi connectivity index (χ4n) is 2.63. The summed E-state index contributed by atoms with van der Waals surface area (Å²) in [5.74, 6) is 0.675. The highest BCUT2D eigenvalue weighted by Gasteiger charge is 2.23. The number of allylic oxidation sites excluding steroid dienone is 3. The van der Waals surface area contributed by atoms with Crippen LogP contribution >= 0.6 is 0 Å². The van der Waals surface area contributed by atoms with Crippen molar-refractivity contribution in [2.24, 2.45) is 5.92 Å². The topological polar surface area (TPSA) is 3.24 Å². The molecule has 1 unspecified atom stereocenters. The van der Waals surface area contributed by atoms with Crippen molar-refractivity contribution in [2.75, 3.05) is 6.54 Å². The molecule has 1 nitrogen and oxygen atoms in total. The molecule has 0 aliphatic heterocycles. The molecule has 0 radical (unpaired) electrons. The Kier molecular flexibility index (Phi) is 4.82. The van der Waals surface area contributed by atoms with Gasteiger partial charge in [-0.05, 0) is 38.7 Å². The van der Waals surface area contributed by atoms with Crippen LogP contribution in [0.25, 0.3) is 0 Å². The van der Waals surface area contributed by atoms with Crippen molar-refractivity contribution < 1.29 is 0 Å². The smallest absolute Gasteiger partial charge is 0.0242 e. The van der Waals surface area contributed by atoms with Gasteiger partial charge in [-0.3, -0.25) is 4.90 Å². The van der Waals surface area contributed by atoms with Gasteiger partial charge in [0.05, 0.1) is 0 Å². The molecule has 108 valence electrons. The third-order valence-corrected chi connectivity index (χ3v) is 3.91. The Hall–Kier alpha value is -1.34. The van der Waals surface area contributed by atoms with E-state index in [-0.39, 0.29) is 5.54 Å². The molecule has 2 rings (SSSR count). The SMILES string of the molecule is CC1C=CC=C(CN(Cc2ccccc2)C(C)(C)C)C1. The molecule has 1 aliphatic carbocycles. The summed E-state index contributed by atoms with van der Waals surface area (Å²) in [5.41, 5.74) is 3.12. The minimum atomic E-state index is 0.182. The van der Waals surface area contributed by atoms with Gasteiger partial charge in [0, 0.05) is 18.6 Å². The zero-order valence-electron chi connectivity index (χ0n) is 13.3. The van der Waals surface area contributed by atoms with Gasteiger partial charge >= 0.3 is 0 Å². The maximum absolute atomic E-state index is 2.57. The molecule has 0 saturated heterocycles. The summed E-state index contributed by atoms with van der Waals surface area (Å²) >= 11 is 0. The molecule has 1 aliphatic rings. The van der Waals surface area contributed by atoms with E-state index in [1.54, 1.807) is 5.57 Å². The van der Waals surface area contributed by atoms with Crippen molar-refractivity contribution in [1.29, 1.82) is 0 Å². The third kappa shape index (κ3) is 4.35. The fourth-order valence-corrected chi connectivity index (χ4v) is 2.63. The van der Waals surface area contributed by atoms with Gasteiger partial charge in [-0.15, -0.1) is 0 Å². The normalized spacial score (nSPS) is 19.2. The monoisotopic (exact) mass is 269 g/mol. The van der Waals surface area contributed by atoms with Gasteiger partial charge < -0.3 is 0 Å². The molecular formula is C19H27N. The van der Waals surface area contributed by atoms with Crippen LogP contribution in [-0.2, 0) is 6.54 Å². The first-order valence-electron chi connectivity index (χ1n) is 7.60. The van der Waals surface area contributed by atoms with Crippen LogP contribution in [0.4, 0.5) is 0 Å². The minimum absolute atomic E-state index is 0.182. The summed E-state index contributed by atoms with van der Waals surface area (Å²) in [5, 5.41) is 0. The van der Waals surface area contributed by atoms with E-state index in [1.165, 1.54) is 12.0 Å². The van der Waals surface area contributed by atoms with Crippen LogP contribution in [-0.4, -0.2) is 17.0 Å². The van der Waals surface area contributed by atoms with Crippen LogP contribution in [0.15, 0.2) is 54.1 Å². The summed E-state index contributed by atoms with van der Waals surface area (Å²) in [6, 6.07) is 10.8. The Morgan fingerprint density at radius 1 is 1.10 bits per heavy atom. The lowest BCUT2D eigenvalue weighted by atomic mass is 9.94. The molecular weight excluding hydrogens is 242 g/mol. The van der Waals surface area contributed by atoms with Crippen molar-refractivity contribution in [2.45, 2.75) is 46.2 Å². The molecule has 0 spiro atoms. The summed E-state index contributed by atoms with van der Waals surface area (Å²) in [6.07, 6.45) is 8.00. The first-order chi connectivity index (χ1) is 9.45. The van der Waals surface area contributed by atoms with Gasteiger partial charge in [0.1, 0.15) is 0 Å². The van der Waals surface area contributed by atoms with Crippen LogP contribution in [0.2, 0.25) is 0 Å². The van der Waals surface area contributed by atoms with Crippen molar-refractivity contribution >= 4 is 0 Å². The molecule has 1 aromatic carbocycles. The molecule has 0 saturated carbocycles. The van der Waals surface area contributed by atoms with Gasteiger partial charge in [-0.1, -0.05) is 61.1 Å². The van der Waals surface area contributed by atoms with Crippen LogP contribution in [0.5, 0.6) is 0 Å². The summed E-state index contributed by atoms with van der Waals surface area (Å²) in [4.78, 5) is 2.57. The number of hydrogen-bond donors (Lipinski definition) is 0. The Morgan fingerprint density at radius 2 is 1.80 bits per heavy atom. The van der Waals surface area contributed by atoms with Gasteiger partial charge in [-0.25, -0.2) is 0 Å². The van der Waals surface area contributed by atoms with Crippen LogP contribution in [0.1, 0.15) is 39.7 Å². The minimum Gasteiger partial charge on any atom is -0.290 e. The van der Waals surface area contributed by atoms with E-state index in [0.717, 1.165) is 13.1 Å². The fraction of sp³-hybridized carbons (Fsp3) is 0.474. The van der Waals surface area contributed by atoms with Crippen molar-refractivity contribution in [3.8, 4) is 0 Å².